The standard InChI is InChI=1S/C14H7BrN2/c15-9-5-6-12-13(7-9)10-3-1-2-4-11(10)14(12)17-8-16/h1-7H. The molecule has 0 saturated carbocycles. The summed E-state index contributed by atoms with van der Waals surface area (Å²) in [5, 5.41) is 8.79. The number of halogens is 1. The molecule has 2 nitrogen and oxygen atoms in total. The van der Waals surface area contributed by atoms with E-state index in [-0.39, 0.29) is 0 Å². The van der Waals surface area contributed by atoms with E-state index >= 15 is 0 Å². The molecule has 0 fully saturated rings. The van der Waals surface area contributed by atoms with Gasteiger partial charge in [0, 0.05) is 15.6 Å². The normalized spacial score (nSPS) is 14.2. The lowest BCUT2D eigenvalue weighted by molar-refractivity contribution is 1.43. The number of hydrogen-bond acceptors (Lipinski definition) is 2. The number of benzene rings is 2. The lowest BCUT2D eigenvalue weighted by atomic mass is 10.1. The third-order valence-electron chi connectivity index (χ3n) is 2.87. The molecule has 3 heteroatoms. The molecule has 0 heterocycles. The van der Waals surface area contributed by atoms with Gasteiger partial charge in [0.05, 0.1) is 5.71 Å². The molecule has 3 rings (SSSR count). The van der Waals surface area contributed by atoms with Gasteiger partial charge in [0.2, 0.25) is 6.19 Å². The zero-order valence-electron chi connectivity index (χ0n) is 8.81. The smallest absolute Gasteiger partial charge is 0.172 e. The summed E-state index contributed by atoms with van der Waals surface area (Å²) in [6.07, 6.45) is 1.88. The Morgan fingerprint density at radius 2 is 1.65 bits per heavy atom. The predicted octanol–water partition coefficient (Wildman–Crippen LogP) is 3.75. The van der Waals surface area contributed by atoms with Crippen LogP contribution in [0, 0.1) is 11.5 Å². The van der Waals surface area contributed by atoms with Crippen LogP contribution in [0.3, 0.4) is 0 Å². The van der Waals surface area contributed by atoms with E-state index in [0.717, 1.165) is 32.4 Å². The highest BCUT2D eigenvalue weighted by Gasteiger charge is 2.24. The van der Waals surface area contributed by atoms with Gasteiger partial charge in [-0.15, -0.1) is 0 Å². The second-order valence-electron chi connectivity index (χ2n) is 3.80. The van der Waals surface area contributed by atoms with Crippen LogP contribution in [0.1, 0.15) is 11.1 Å². The van der Waals surface area contributed by atoms with Crippen LogP contribution in [0.25, 0.3) is 11.1 Å². The molecule has 1 aliphatic carbocycles. The van der Waals surface area contributed by atoms with Crippen molar-refractivity contribution in [3.05, 3.63) is 58.1 Å². The molecule has 0 atom stereocenters. The summed E-state index contributed by atoms with van der Waals surface area (Å²) < 4.78 is 1.03. The van der Waals surface area contributed by atoms with Crippen molar-refractivity contribution in [1.82, 2.24) is 0 Å². The molecule has 0 aliphatic heterocycles. The molecule has 0 N–H and O–H groups in total. The molecule has 0 saturated heterocycles. The molecule has 0 bridgehead atoms. The minimum absolute atomic E-state index is 0.769. The van der Waals surface area contributed by atoms with E-state index in [9.17, 15) is 0 Å². The molecular weight excluding hydrogens is 276 g/mol. The van der Waals surface area contributed by atoms with Gasteiger partial charge in [-0.25, -0.2) is 0 Å². The van der Waals surface area contributed by atoms with Crippen LogP contribution in [0.5, 0.6) is 0 Å². The average Bonchev–Trinajstić information content (AvgIpc) is 2.65. The van der Waals surface area contributed by atoms with Crippen LogP contribution < -0.4 is 0 Å². The van der Waals surface area contributed by atoms with Gasteiger partial charge in [-0.3, -0.25) is 0 Å². The van der Waals surface area contributed by atoms with Crippen molar-refractivity contribution in [2.24, 2.45) is 4.99 Å². The Kier molecular flexibility index (Phi) is 2.31. The monoisotopic (exact) mass is 282 g/mol. The topological polar surface area (TPSA) is 36.1 Å². The number of nitriles is 1. The van der Waals surface area contributed by atoms with Gasteiger partial charge in [0.15, 0.2) is 0 Å². The lowest BCUT2D eigenvalue weighted by Gasteiger charge is -1.99. The van der Waals surface area contributed by atoms with Crippen molar-refractivity contribution < 1.29 is 0 Å². The fourth-order valence-corrected chi connectivity index (χ4v) is 2.55. The van der Waals surface area contributed by atoms with Gasteiger partial charge >= 0.3 is 0 Å². The second kappa shape index (κ2) is 3.83. The van der Waals surface area contributed by atoms with Gasteiger partial charge in [0.1, 0.15) is 0 Å². The maximum absolute atomic E-state index is 8.79. The first-order valence-electron chi connectivity index (χ1n) is 5.18. The first-order valence-corrected chi connectivity index (χ1v) is 5.97. The third-order valence-corrected chi connectivity index (χ3v) is 3.36. The van der Waals surface area contributed by atoms with Crippen molar-refractivity contribution in [3.63, 3.8) is 0 Å². The van der Waals surface area contributed by atoms with E-state index < -0.39 is 0 Å². The lowest BCUT2D eigenvalue weighted by Crippen LogP contribution is -1.96. The molecule has 1 aliphatic rings. The zero-order valence-corrected chi connectivity index (χ0v) is 10.4. The minimum atomic E-state index is 0.769. The van der Waals surface area contributed by atoms with Crippen molar-refractivity contribution >= 4 is 21.6 Å². The molecular formula is C14H7BrN2. The van der Waals surface area contributed by atoms with Crippen LogP contribution in [0.15, 0.2) is 51.9 Å². The van der Waals surface area contributed by atoms with E-state index in [0.29, 0.717) is 0 Å². The van der Waals surface area contributed by atoms with Gasteiger partial charge in [0.25, 0.3) is 0 Å². The highest BCUT2D eigenvalue weighted by atomic mass is 79.9. The van der Waals surface area contributed by atoms with Gasteiger partial charge in [-0.1, -0.05) is 46.3 Å². The third kappa shape index (κ3) is 1.49. The summed E-state index contributed by atoms with van der Waals surface area (Å²) in [4.78, 5) is 3.94. The Labute approximate surface area is 107 Å². The van der Waals surface area contributed by atoms with Gasteiger partial charge in [-0.05, 0) is 23.3 Å². The molecule has 2 aromatic rings. The van der Waals surface area contributed by atoms with E-state index in [1.807, 2.05) is 36.5 Å². The summed E-state index contributed by atoms with van der Waals surface area (Å²) in [6, 6.07) is 14.0. The second-order valence-corrected chi connectivity index (χ2v) is 4.71. The average molecular weight is 283 g/mol. The molecule has 80 valence electrons. The Morgan fingerprint density at radius 3 is 2.41 bits per heavy atom. The largest absolute Gasteiger partial charge is 0.206 e. The van der Waals surface area contributed by atoms with E-state index in [1.54, 1.807) is 0 Å². The summed E-state index contributed by atoms with van der Waals surface area (Å²) in [6.45, 7) is 0. The highest BCUT2D eigenvalue weighted by Crippen LogP contribution is 2.38. The maximum Gasteiger partial charge on any atom is 0.206 e. The van der Waals surface area contributed by atoms with Crippen molar-refractivity contribution in [3.8, 4) is 17.3 Å². The molecule has 0 radical (unpaired) electrons. The number of hydrogen-bond donors (Lipinski definition) is 0. The molecule has 0 amide bonds. The van der Waals surface area contributed by atoms with Gasteiger partial charge in [-0.2, -0.15) is 10.3 Å². The van der Waals surface area contributed by atoms with E-state index in [2.05, 4.69) is 33.1 Å². The van der Waals surface area contributed by atoms with Crippen LogP contribution in [-0.4, -0.2) is 5.71 Å². The molecule has 17 heavy (non-hydrogen) atoms. The molecule has 2 aromatic carbocycles. The maximum atomic E-state index is 8.79. The Hall–Kier alpha value is -1.92. The Bertz CT molecular complexity index is 681. The predicted molar refractivity (Wildman–Crippen MR) is 70.8 cm³/mol. The zero-order chi connectivity index (χ0) is 11.8. The number of rotatable bonds is 0. The molecule has 0 spiro atoms. The quantitative estimate of drug-likeness (QED) is 0.579. The summed E-state index contributed by atoms with van der Waals surface area (Å²) in [7, 11) is 0. The van der Waals surface area contributed by atoms with Crippen molar-refractivity contribution in [1.29, 1.82) is 5.26 Å². The van der Waals surface area contributed by atoms with Crippen molar-refractivity contribution in [2.75, 3.05) is 0 Å². The van der Waals surface area contributed by atoms with Crippen molar-refractivity contribution in [2.45, 2.75) is 0 Å². The van der Waals surface area contributed by atoms with Gasteiger partial charge < -0.3 is 0 Å². The van der Waals surface area contributed by atoms with Crippen LogP contribution in [0.2, 0.25) is 0 Å². The number of aliphatic imine (C=N–C) groups is 1. The Morgan fingerprint density at radius 1 is 0.941 bits per heavy atom. The fraction of sp³-hybridized carbons (Fsp3) is 0. The van der Waals surface area contributed by atoms with Crippen LogP contribution >= 0.6 is 15.9 Å². The Balaban J connectivity index is 2.39. The summed E-state index contributed by atoms with van der Waals surface area (Å²) >= 11 is 3.47. The first-order chi connectivity index (χ1) is 8.31. The fourth-order valence-electron chi connectivity index (χ4n) is 2.19. The minimum Gasteiger partial charge on any atom is -0.172 e. The SMILES string of the molecule is N#CN=C1c2ccccc2-c2cc(Br)ccc21. The number of fused-ring (bicyclic) bond motifs is 3. The van der Waals surface area contributed by atoms with E-state index in [4.69, 9.17) is 5.26 Å². The van der Waals surface area contributed by atoms with Crippen LogP contribution in [-0.2, 0) is 0 Å². The summed E-state index contributed by atoms with van der Waals surface area (Å²) in [5.41, 5.74) is 5.09. The number of nitrogens with zero attached hydrogens (tertiary/aromatic N) is 2. The summed E-state index contributed by atoms with van der Waals surface area (Å²) in [5.74, 6) is 0. The highest BCUT2D eigenvalue weighted by molar-refractivity contribution is 9.10. The molecule has 0 aromatic heterocycles. The van der Waals surface area contributed by atoms with E-state index in [1.165, 1.54) is 0 Å². The first kappa shape index (κ1) is 10.2. The van der Waals surface area contributed by atoms with Crippen LogP contribution in [0.4, 0.5) is 0 Å². The molecule has 0 unspecified atom stereocenters.